The molecule has 0 bridgehead atoms. The molecule has 0 radical (unpaired) electrons. The van der Waals surface area contributed by atoms with Crippen molar-refractivity contribution in [3.05, 3.63) is 35.9 Å². The number of imidazole rings is 1. The molecule has 6 heteroatoms. The molecule has 1 fully saturated rings. The third-order valence-electron chi connectivity index (χ3n) is 3.53. The van der Waals surface area contributed by atoms with Gasteiger partial charge in [-0.25, -0.2) is 4.98 Å². The highest BCUT2D eigenvalue weighted by Gasteiger charge is 2.35. The minimum atomic E-state index is -4.36. The fourth-order valence-corrected chi connectivity index (χ4v) is 2.65. The van der Waals surface area contributed by atoms with Crippen molar-refractivity contribution in [3.8, 4) is 0 Å². The Morgan fingerprint density at radius 2 is 2.16 bits per heavy atom. The molecule has 0 spiro atoms. The number of hydrogen-bond donors (Lipinski definition) is 1. The predicted molar refractivity (Wildman–Crippen MR) is 65.0 cm³/mol. The summed E-state index contributed by atoms with van der Waals surface area (Å²) in [5, 5.41) is 3.21. The van der Waals surface area contributed by atoms with E-state index in [9.17, 15) is 13.2 Å². The maximum atomic E-state index is 13.1. The zero-order valence-electron chi connectivity index (χ0n) is 10.2. The summed E-state index contributed by atoms with van der Waals surface area (Å²) in [6.45, 7) is 1.61. The number of fused-ring (bicyclic) bond motifs is 1. The van der Waals surface area contributed by atoms with Crippen molar-refractivity contribution in [2.75, 3.05) is 13.1 Å². The van der Waals surface area contributed by atoms with E-state index in [0.29, 0.717) is 17.9 Å². The lowest BCUT2D eigenvalue weighted by molar-refractivity contribution is -0.142. The highest BCUT2D eigenvalue weighted by molar-refractivity contribution is 5.48. The quantitative estimate of drug-likeness (QED) is 0.862. The molecule has 3 rings (SSSR count). The van der Waals surface area contributed by atoms with Crippen molar-refractivity contribution in [3.63, 3.8) is 0 Å². The van der Waals surface area contributed by atoms with Crippen LogP contribution in [0.1, 0.15) is 30.3 Å². The van der Waals surface area contributed by atoms with Crippen molar-refractivity contribution in [2.24, 2.45) is 0 Å². The third-order valence-corrected chi connectivity index (χ3v) is 3.53. The summed E-state index contributed by atoms with van der Waals surface area (Å²) >= 11 is 0. The molecule has 0 aromatic carbocycles. The lowest BCUT2D eigenvalue weighted by Gasteiger charge is -2.23. The van der Waals surface area contributed by atoms with Crippen LogP contribution < -0.4 is 5.32 Å². The van der Waals surface area contributed by atoms with Crippen LogP contribution in [0.2, 0.25) is 0 Å². The van der Waals surface area contributed by atoms with Crippen LogP contribution >= 0.6 is 0 Å². The van der Waals surface area contributed by atoms with Crippen LogP contribution in [0, 0.1) is 0 Å². The number of halogens is 3. The first kappa shape index (κ1) is 12.5. The van der Waals surface area contributed by atoms with Gasteiger partial charge in [0.25, 0.3) is 0 Å². The summed E-state index contributed by atoms with van der Waals surface area (Å²) in [6.07, 6.45) is -1.01. The molecule has 1 aliphatic rings. The van der Waals surface area contributed by atoms with Gasteiger partial charge in [-0.05, 0) is 31.5 Å². The van der Waals surface area contributed by atoms with E-state index in [4.69, 9.17) is 0 Å². The van der Waals surface area contributed by atoms with E-state index in [1.807, 2.05) is 0 Å². The number of nitrogens with one attached hydrogen (secondary N) is 1. The lowest BCUT2D eigenvalue weighted by atomic mass is 9.99. The van der Waals surface area contributed by atoms with Gasteiger partial charge >= 0.3 is 6.18 Å². The molecular formula is C13H14F3N3. The van der Waals surface area contributed by atoms with Crippen LogP contribution in [0.3, 0.4) is 0 Å². The predicted octanol–water partition coefficient (Wildman–Crippen LogP) is 2.82. The zero-order valence-corrected chi connectivity index (χ0v) is 10.2. The smallest absolute Gasteiger partial charge is 0.316 e. The van der Waals surface area contributed by atoms with E-state index in [1.165, 1.54) is 16.7 Å². The van der Waals surface area contributed by atoms with Gasteiger partial charge in [0, 0.05) is 12.5 Å². The van der Waals surface area contributed by atoms with Gasteiger partial charge in [-0.1, -0.05) is 6.07 Å². The van der Waals surface area contributed by atoms with Gasteiger partial charge in [0.05, 0.1) is 11.7 Å². The molecule has 0 aliphatic carbocycles. The average molecular weight is 269 g/mol. The molecule has 1 N–H and O–H groups in total. The number of pyridine rings is 1. The van der Waals surface area contributed by atoms with Crippen LogP contribution in [0.5, 0.6) is 0 Å². The molecule has 2 aromatic rings. The average Bonchev–Trinajstić information content (AvgIpc) is 2.82. The number of rotatable bonds is 1. The Morgan fingerprint density at radius 3 is 2.84 bits per heavy atom. The highest BCUT2D eigenvalue weighted by Crippen LogP contribution is 2.32. The molecule has 1 unspecified atom stereocenters. The van der Waals surface area contributed by atoms with E-state index < -0.39 is 11.9 Å². The van der Waals surface area contributed by atoms with Gasteiger partial charge in [0.2, 0.25) is 0 Å². The molecule has 1 saturated heterocycles. The van der Waals surface area contributed by atoms with E-state index in [2.05, 4.69) is 10.3 Å². The molecule has 2 aromatic heterocycles. The topological polar surface area (TPSA) is 29.3 Å². The maximum Gasteiger partial charge on any atom is 0.431 e. The molecule has 3 heterocycles. The maximum absolute atomic E-state index is 13.1. The van der Waals surface area contributed by atoms with Crippen molar-refractivity contribution in [1.82, 2.24) is 14.7 Å². The fraction of sp³-hybridized carbons (Fsp3) is 0.462. The van der Waals surface area contributed by atoms with Gasteiger partial charge in [-0.3, -0.25) is 4.40 Å². The standard InChI is InChI=1S/C13H14F3N3/c14-13(15,16)11-5-1-4-10-8-18-12(19(10)11)9-3-2-6-17-7-9/h1,4-5,8-9,17H,2-3,6-7H2. The Hall–Kier alpha value is -1.56. The van der Waals surface area contributed by atoms with Crippen LogP contribution in [0.15, 0.2) is 24.4 Å². The summed E-state index contributed by atoms with van der Waals surface area (Å²) in [6, 6.07) is 4.18. The van der Waals surface area contributed by atoms with Crippen LogP contribution in [0.25, 0.3) is 5.52 Å². The fourth-order valence-electron chi connectivity index (χ4n) is 2.65. The summed E-state index contributed by atoms with van der Waals surface area (Å²) in [7, 11) is 0. The summed E-state index contributed by atoms with van der Waals surface area (Å²) in [5.74, 6) is 0.551. The second-order valence-electron chi connectivity index (χ2n) is 4.83. The van der Waals surface area contributed by atoms with Crippen molar-refractivity contribution < 1.29 is 13.2 Å². The second kappa shape index (κ2) is 4.52. The van der Waals surface area contributed by atoms with E-state index in [1.54, 1.807) is 6.07 Å². The first-order chi connectivity index (χ1) is 9.07. The van der Waals surface area contributed by atoms with Crippen molar-refractivity contribution in [2.45, 2.75) is 24.9 Å². The second-order valence-corrected chi connectivity index (χ2v) is 4.83. The Kier molecular flexibility index (Phi) is 2.97. The molecule has 1 aliphatic heterocycles. The highest BCUT2D eigenvalue weighted by atomic mass is 19.4. The van der Waals surface area contributed by atoms with E-state index in [-0.39, 0.29) is 5.92 Å². The Bertz CT molecular complexity index is 582. The van der Waals surface area contributed by atoms with E-state index >= 15 is 0 Å². The Morgan fingerprint density at radius 1 is 1.32 bits per heavy atom. The molecule has 1 atom stereocenters. The molecule has 0 saturated carbocycles. The number of aromatic nitrogens is 2. The van der Waals surface area contributed by atoms with E-state index in [0.717, 1.165) is 25.5 Å². The summed E-state index contributed by atoms with van der Waals surface area (Å²) in [4.78, 5) is 4.22. The normalized spacial score (nSPS) is 20.9. The minimum absolute atomic E-state index is 0.0414. The first-order valence-corrected chi connectivity index (χ1v) is 6.31. The molecule has 102 valence electrons. The summed E-state index contributed by atoms with van der Waals surface area (Å²) in [5.41, 5.74) is -0.154. The minimum Gasteiger partial charge on any atom is -0.316 e. The van der Waals surface area contributed by atoms with Crippen LogP contribution in [-0.4, -0.2) is 22.5 Å². The number of nitrogens with zero attached hydrogens (tertiary/aromatic N) is 2. The number of hydrogen-bond acceptors (Lipinski definition) is 2. The summed E-state index contributed by atoms with van der Waals surface area (Å²) < 4.78 is 40.5. The SMILES string of the molecule is FC(F)(F)c1cccc2cnc(C3CCCNC3)n12. The van der Waals surface area contributed by atoms with Crippen LogP contribution in [-0.2, 0) is 6.18 Å². The Labute approximate surface area is 108 Å². The van der Waals surface area contributed by atoms with Gasteiger partial charge in [0.1, 0.15) is 11.5 Å². The largest absolute Gasteiger partial charge is 0.431 e. The lowest BCUT2D eigenvalue weighted by Crippen LogP contribution is -2.30. The molecular weight excluding hydrogens is 255 g/mol. The monoisotopic (exact) mass is 269 g/mol. The molecule has 0 amide bonds. The van der Waals surface area contributed by atoms with Crippen molar-refractivity contribution >= 4 is 5.52 Å². The van der Waals surface area contributed by atoms with Gasteiger partial charge in [-0.2, -0.15) is 13.2 Å². The zero-order chi connectivity index (χ0) is 13.5. The van der Waals surface area contributed by atoms with Gasteiger partial charge in [-0.15, -0.1) is 0 Å². The van der Waals surface area contributed by atoms with Gasteiger partial charge < -0.3 is 5.32 Å². The Balaban J connectivity index is 2.15. The number of alkyl halides is 3. The number of piperidine rings is 1. The first-order valence-electron chi connectivity index (χ1n) is 6.31. The van der Waals surface area contributed by atoms with Crippen LogP contribution in [0.4, 0.5) is 13.2 Å². The molecule has 3 nitrogen and oxygen atoms in total. The third kappa shape index (κ3) is 2.20. The van der Waals surface area contributed by atoms with Crippen molar-refractivity contribution in [1.29, 1.82) is 0 Å². The van der Waals surface area contributed by atoms with Gasteiger partial charge in [0.15, 0.2) is 0 Å². The molecule has 19 heavy (non-hydrogen) atoms.